The summed E-state index contributed by atoms with van der Waals surface area (Å²) >= 11 is 0. The fourth-order valence-electron chi connectivity index (χ4n) is 9.48. The molecule has 6 bridgehead atoms. The molecule has 0 aliphatic heterocycles. The maximum atomic E-state index is 2.74. The summed E-state index contributed by atoms with van der Waals surface area (Å²) in [7, 11) is 0. The first kappa shape index (κ1) is 13.7. The van der Waals surface area contributed by atoms with Crippen LogP contribution in [0.15, 0.2) is 24.3 Å². The third-order valence-electron chi connectivity index (χ3n) is 10.7. The van der Waals surface area contributed by atoms with E-state index in [0.29, 0.717) is 10.8 Å². The second-order valence-electron chi connectivity index (χ2n) is 10.7. The summed E-state index contributed by atoms with van der Waals surface area (Å²) < 4.78 is 0. The molecule has 0 aromatic carbocycles. The first-order valence-electron chi connectivity index (χ1n) is 10.3. The molecule has 0 heteroatoms. The molecule has 6 aliphatic carbocycles. The van der Waals surface area contributed by atoms with E-state index in [2.05, 4.69) is 52.0 Å². The number of allylic oxidation sites excluding steroid dienone is 4. The van der Waals surface area contributed by atoms with E-state index in [-0.39, 0.29) is 0 Å². The molecule has 6 rings (SSSR count). The van der Waals surface area contributed by atoms with Gasteiger partial charge < -0.3 is 0 Å². The predicted molar refractivity (Wildman–Crippen MR) is 94.6 cm³/mol. The first-order valence-corrected chi connectivity index (χ1v) is 10.3. The fraction of sp³-hybridized carbons (Fsp3) is 0.826. The van der Waals surface area contributed by atoms with E-state index in [1.807, 2.05) is 0 Å². The highest BCUT2D eigenvalue weighted by atomic mass is 14.8. The molecule has 0 radical (unpaired) electrons. The van der Waals surface area contributed by atoms with Crippen LogP contribution < -0.4 is 0 Å². The summed E-state index contributed by atoms with van der Waals surface area (Å²) in [6, 6.07) is 0. The van der Waals surface area contributed by atoms with Gasteiger partial charge in [-0.25, -0.2) is 0 Å². The molecule has 0 aromatic rings. The first-order chi connectivity index (χ1) is 11.0. The van der Waals surface area contributed by atoms with Gasteiger partial charge in [0.25, 0.3) is 0 Å². The lowest BCUT2D eigenvalue weighted by Crippen LogP contribution is -2.47. The van der Waals surface area contributed by atoms with Crippen molar-refractivity contribution in [1.82, 2.24) is 0 Å². The van der Waals surface area contributed by atoms with Crippen molar-refractivity contribution in [3.8, 4) is 0 Å². The van der Waals surface area contributed by atoms with E-state index in [0.717, 1.165) is 59.2 Å². The minimum atomic E-state index is 0.609. The molecular formula is C23H32. The Morgan fingerprint density at radius 2 is 1.57 bits per heavy atom. The van der Waals surface area contributed by atoms with Crippen LogP contribution >= 0.6 is 0 Å². The van der Waals surface area contributed by atoms with Gasteiger partial charge in [-0.05, 0) is 89.3 Å². The van der Waals surface area contributed by atoms with Gasteiger partial charge in [0.05, 0.1) is 0 Å². The highest BCUT2D eigenvalue weighted by molar-refractivity contribution is 5.35. The zero-order valence-electron chi connectivity index (χ0n) is 15.2. The Morgan fingerprint density at radius 3 is 2.35 bits per heavy atom. The van der Waals surface area contributed by atoms with Gasteiger partial charge >= 0.3 is 0 Å². The average molecular weight is 309 g/mol. The zero-order valence-corrected chi connectivity index (χ0v) is 15.2. The van der Waals surface area contributed by atoms with Crippen molar-refractivity contribution in [2.24, 2.45) is 70.0 Å². The summed E-state index contributed by atoms with van der Waals surface area (Å²) in [5.41, 5.74) is 1.26. The van der Waals surface area contributed by atoms with Crippen LogP contribution in [0.5, 0.6) is 0 Å². The van der Waals surface area contributed by atoms with Crippen molar-refractivity contribution < 1.29 is 0 Å². The lowest BCUT2D eigenvalue weighted by Gasteiger charge is -2.53. The summed E-state index contributed by atoms with van der Waals surface area (Å²) in [6.45, 7) is 10.6. The molecule has 12 atom stereocenters. The maximum Gasteiger partial charge on any atom is -0.0168 e. The summed E-state index contributed by atoms with van der Waals surface area (Å²) in [5, 5.41) is 0. The largest absolute Gasteiger partial charge is 0.0879 e. The molecule has 23 heavy (non-hydrogen) atoms. The van der Waals surface area contributed by atoms with Crippen LogP contribution in [0.3, 0.4) is 0 Å². The van der Waals surface area contributed by atoms with Gasteiger partial charge in [0.2, 0.25) is 0 Å². The Hall–Kier alpha value is -0.520. The summed E-state index contributed by atoms with van der Waals surface area (Å²) in [6.07, 6.45) is 15.0. The molecule has 0 N–H and O–H groups in total. The Labute approximate surface area is 141 Å². The van der Waals surface area contributed by atoms with E-state index in [4.69, 9.17) is 0 Å². The molecule has 12 unspecified atom stereocenters. The highest BCUT2D eigenvalue weighted by Gasteiger charge is 2.81. The molecule has 0 heterocycles. The van der Waals surface area contributed by atoms with Gasteiger partial charge in [-0.3, -0.25) is 0 Å². The van der Waals surface area contributed by atoms with E-state index in [9.17, 15) is 0 Å². The molecule has 0 aromatic heterocycles. The molecule has 4 saturated carbocycles. The molecule has 0 spiro atoms. The van der Waals surface area contributed by atoms with Crippen LogP contribution in [0.2, 0.25) is 0 Å². The number of rotatable bonds is 0. The van der Waals surface area contributed by atoms with Crippen LogP contribution in [-0.2, 0) is 0 Å². The predicted octanol–water partition coefficient (Wildman–Crippen LogP) is 5.57. The SMILES string of the molecule is CC1C(C)C2CC=CC1C1CC2C2(C)C3C=CC(C3)C3(C)C1C23. The molecular weight excluding hydrogens is 276 g/mol. The summed E-state index contributed by atoms with van der Waals surface area (Å²) in [5.74, 6) is 9.47. The van der Waals surface area contributed by atoms with Crippen molar-refractivity contribution in [3.63, 3.8) is 0 Å². The van der Waals surface area contributed by atoms with Crippen molar-refractivity contribution in [2.45, 2.75) is 47.0 Å². The van der Waals surface area contributed by atoms with Crippen LogP contribution in [0, 0.1) is 70.0 Å². The molecule has 0 nitrogen and oxygen atoms in total. The number of fused-ring (bicyclic) bond motifs is 14. The standard InChI is InChI=1S/C23H32/c1-12-13(2)17-7-5-6-16(12)18-11-19(17)22(3)14-8-9-15(10-14)23(4)20(18)21(22)23/h5-6,8-9,12-21H,7,10-11H2,1-4H3. The Morgan fingerprint density at radius 1 is 0.826 bits per heavy atom. The molecule has 4 fully saturated rings. The van der Waals surface area contributed by atoms with Crippen LogP contribution in [0.25, 0.3) is 0 Å². The van der Waals surface area contributed by atoms with Gasteiger partial charge in [-0.1, -0.05) is 52.0 Å². The normalized spacial score (nSPS) is 70.1. The van der Waals surface area contributed by atoms with E-state index in [1.165, 1.54) is 12.8 Å². The van der Waals surface area contributed by atoms with Gasteiger partial charge in [-0.15, -0.1) is 0 Å². The second-order valence-corrected chi connectivity index (χ2v) is 10.7. The maximum absolute atomic E-state index is 2.74. The van der Waals surface area contributed by atoms with Gasteiger partial charge in [-0.2, -0.15) is 0 Å². The lowest BCUT2D eigenvalue weighted by molar-refractivity contribution is -0.0360. The van der Waals surface area contributed by atoms with Crippen molar-refractivity contribution in [1.29, 1.82) is 0 Å². The highest BCUT2D eigenvalue weighted by Crippen LogP contribution is 2.85. The molecule has 0 amide bonds. The number of hydrogen-bond donors (Lipinski definition) is 0. The fourth-order valence-corrected chi connectivity index (χ4v) is 9.48. The minimum Gasteiger partial charge on any atom is -0.0879 e. The van der Waals surface area contributed by atoms with Gasteiger partial charge in [0.15, 0.2) is 0 Å². The van der Waals surface area contributed by atoms with Crippen molar-refractivity contribution in [2.75, 3.05) is 0 Å². The van der Waals surface area contributed by atoms with E-state index in [1.54, 1.807) is 6.42 Å². The topological polar surface area (TPSA) is 0 Å². The van der Waals surface area contributed by atoms with E-state index < -0.39 is 0 Å². The third-order valence-corrected chi connectivity index (χ3v) is 10.7. The Balaban J connectivity index is 1.58. The molecule has 0 saturated heterocycles. The molecule has 6 aliphatic rings. The van der Waals surface area contributed by atoms with Gasteiger partial charge in [0, 0.05) is 0 Å². The quantitative estimate of drug-likeness (QED) is 0.514. The third kappa shape index (κ3) is 1.26. The minimum absolute atomic E-state index is 0.609. The Kier molecular flexibility index (Phi) is 2.29. The van der Waals surface area contributed by atoms with Crippen LogP contribution in [-0.4, -0.2) is 0 Å². The molecule has 124 valence electrons. The average Bonchev–Trinajstić information content (AvgIpc) is 2.99. The summed E-state index contributed by atoms with van der Waals surface area (Å²) in [4.78, 5) is 0. The van der Waals surface area contributed by atoms with Crippen molar-refractivity contribution in [3.05, 3.63) is 24.3 Å². The second kappa shape index (κ2) is 3.83. The van der Waals surface area contributed by atoms with Crippen LogP contribution in [0.1, 0.15) is 47.0 Å². The van der Waals surface area contributed by atoms with Crippen molar-refractivity contribution >= 4 is 0 Å². The van der Waals surface area contributed by atoms with E-state index >= 15 is 0 Å². The van der Waals surface area contributed by atoms with Gasteiger partial charge in [0.1, 0.15) is 0 Å². The number of hydrogen-bond acceptors (Lipinski definition) is 0. The monoisotopic (exact) mass is 308 g/mol. The smallest absolute Gasteiger partial charge is 0.0168 e. The lowest BCUT2D eigenvalue weighted by atomic mass is 9.51. The Bertz CT molecular complexity index is 628. The zero-order chi connectivity index (χ0) is 15.7. The van der Waals surface area contributed by atoms with Crippen LogP contribution in [0.4, 0.5) is 0 Å².